The standard InChI is InChI=1S/C14H17N3O2S/c1-2-19-12-9-17(8-11(12)18)14-16-15-13(20-14)10-6-4-3-5-7-10/h3-7,11-12,18H,2,8-9H2,1H3/t11-,12-/m1/s1. The molecule has 1 N–H and O–H groups in total. The maximum atomic E-state index is 9.97. The molecule has 2 heterocycles. The Hall–Kier alpha value is -1.50. The maximum Gasteiger partial charge on any atom is 0.208 e. The molecule has 0 aliphatic carbocycles. The molecule has 0 saturated carbocycles. The average molecular weight is 291 g/mol. The van der Waals surface area contributed by atoms with Gasteiger partial charge in [-0.05, 0) is 6.92 Å². The Morgan fingerprint density at radius 3 is 2.85 bits per heavy atom. The topological polar surface area (TPSA) is 58.5 Å². The van der Waals surface area contributed by atoms with Gasteiger partial charge in [-0.25, -0.2) is 0 Å². The van der Waals surface area contributed by atoms with Crippen LogP contribution >= 0.6 is 11.3 Å². The van der Waals surface area contributed by atoms with E-state index in [1.165, 1.54) is 0 Å². The molecule has 0 unspecified atom stereocenters. The number of hydrogen-bond acceptors (Lipinski definition) is 6. The number of rotatable bonds is 4. The average Bonchev–Trinajstić information content (AvgIpc) is 3.08. The van der Waals surface area contributed by atoms with E-state index < -0.39 is 6.10 Å². The van der Waals surface area contributed by atoms with Crippen molar-refractivity contribution in [3.63, 3.8) is 0 Å². The van der Waals surface area contributed by atoms with Crippen molar-refractivity contribution in [1.82, 2.24) is 10.2 Å². The predicted molar refractivity (Wildman–Crippen MR) is 79.0 cm³/mol. The highest BCUT2D eigenvalue weighted by molar-refractivity contribution is 7.18. The van der Waals surface area contributed by atoms with Crippen LogP contribution in [0.3, 0.4) is 0 Å². The van der Waals surface area contributed by atoms with Crippen molar-refractivity contribution in [2.75, 3.05) is 24.6 Å². The number of aliphatic hydroxyl groups excluding tert-OH is 1. The summed E-state index contributed by atoms with van der Waals surface area (Å²) in [6, 6.07) is 10.00. The third kappa shape index (κ3) is 2.67. The first-order valence-electron chi connectivity index (χ1n) is 6.71. The predicted octanol–water partition coefficient (Wildman–Crippen LogP) is 1.79. The lowest BCUT2D eigenvalue weighted by Crippen LogP contribution is -2.26. The number of anilines is 1. The molecular formula is C14H17N3O2S. The third-order valence-electron chi connectivity index (χ3n) is 3.32. The second kappa shape index (κ2) is 5.87. The highest BCUT2D eigenvalue weighted by atomic mass is 32.1. The number of nitrogens with zero attached hydrogens (tertiary/aromatic N) is 3. The van der Waals surface area contributed by atoms with Gasteiger partial charge >= 0.3 is 0 Å². The smallest absolute Gasteiger partial charge is 0.208 e. The van der Waals surface area contributed by atoms with Crippen LogP contribution in [0.15, 0.2) is 30.3 Å². The fourth-order valence-corrected chi connectivity index (χ4v) is 3.20. The number of ether oxygens (including phenoxy) is 1. The highest BCUT2D eigenvalue weighted by Crippen LogP contribution is 2.30. The minimum absolute atomic E-state index is 0.135. The molecule has 3 rings (SSSR count). The van der Waals surface area contributed by atoms with Crippen LogP contribution < -0.4 is 4.90 Å². The number of hydrogen-bond donors (Lipinski definition) is 1. The molecule has 2 atom stereocenters. The number of aliphatic hydroxyl groups is 1. The SMILES string of the molecule is CCO[C@@H]1CN(c2nnc(-c3ccccc3)s2)C[C@H]1O. The molecule has 1 aliphatic rings. The van der Waals surface area contributed by atoms with E-state index in [0.717, 1.165) is 15.7 Å². The van der Waals surface area contributed by atoms with E-state index in [1.54, 1.807) is 11.3 Å². The lowest BCUT2D eigenvalue weighted by atomic mass is 10.2. The quantitative estimate of drug-likeness (QED) is 0.930. The third-order valence-corrected chi connectivity index (χ3v) is 4.36. The summed E-state index contributed by atoms with van der Waals surface area (Å²) in [7, 11) is 0. The van der Waals surface area contributed by atoms with E-state index in [2.05, 4.69) is 10.2 Å². The van der Waals surface area contributed by atoms with Gasteiger partial charge in [-0.3, -0.25) is 0 Å². The molecule has 0 bridgehead atoms. The van der Waals surface area contributed by atoms with Gasteiger partial charge in [0.25, 0.3) is 0 Å². The van der Waals surface area contributed by atoms with Crippen molar-refractivity contribution in [2.24, 2.45) is 0 Å². The molecule has 0 spiro atoms. The van der Waals surface area contributed by atoms with Crippen LogP contribution in [0.5, 0.6) is 0 Å². The summed E-state index contributed by atoms with van der Waals surface area (Å²) in [6.07, 6.45) is -0.594. The molecule has 1 aromatic heterocycles. The second-order valence-electron chi connectivity index (χ2n) is 4.72. The van der Waals surface area contributed by atoms with Gasteiger partial charge in [0, 0.05) is 25.3 Å². The molecule has 2 aromatic rings. The Morgan fingerprint density at radius 2 is 2.10 bits per heavy atom. The Morgan fingerprint density at radius 1 is 1.30 bits per heavy atom. The molecular weight excluding hydrogens is 274 g/mol. The summed E-state index contributed by atoms with van der Waals surface area (Å²) in [5.41, 5.74) is 1.07. The maximum absolute atomic E-state index is 9.97. The zero-order valence-corrected chi connectivity index (χ0v) is 12.1. The minimum atomic E-state index is -0.459. The summed E-state index contributed by atoms with van der Waals surface area (Å²) in [4.78, 5) is 2.04. The van der Waals surface area contributed by atoms with E-state index in [-0.39, 0.29) is 6.10 Å². The van der Waals surface area contributed by atoms with Crippen LogP contribution in [0.4, 0.5) is 5.13 Å². The van der Waals surface area contributed by atoms with Gasteiger partial charge in [-0.1, -0.05) is 41.7 Å². The first kappa shape index (κ1) is 13.5. The summed E-state index contributed by atoms with van der Waals surface area (Å²) in [6.45, 7) is 3.77. The summed E-state index contributed by atoms with van der Waals surface area (Å²) in [5, 5.41) is 20.2. The Labute approximate surface area is 121 Å². The van der Waals surface area contributed by atoms with Crippen LogP contribution in [-0.2, 0) is 4.74 Å². The van der Waals surface area contributed by atoms with Crippen LogP contribution in [0, 0.1) is 0 Å². The molecule has 20 heavy (non-hydrogen) atoms. The lowest BCUT2D eigenvalue weighted by molar-refractivity contribution is -0.00189. The van der Waals surface area contributed by atoms with Gasteiger partial charge in [0.2, 0.25) is 5.13 Å². The highest BCUT2D eigenvalue weighted by Gasteiger charge is 2.33. The second-order valence-corrected chi connectivity index (χ2v) is 5.68. The number of aromatic nitrogens is 2. The molecule has 1 fully saturated rings. The van der Waals surface area contributed by atoms with Crippen molar-refractivity contribution in [3.8, 4) is 10.6 Å². The monoisotopic (exact) mass is 291 g/mol. The summed E-state index contributed by atoms with van der Waals surface area (Å²) < 4.78 is 5.52. The van der Waals surface area contributed by atoms with Crippen molar-refractivity contribution >= 4 is 16.5 Å². The van der Waals surface area contributed by atoms with Gasteiger partial charge in [-0.15, -0.1) is 10.2 Å². The van der Waals surface area contributed by atoms with E-state index in [0.29, 0.717) is 19.7 Å². The van der Waals surface area contributed by atoms with E-state index in [4.69, 9.17) is 4.74 Å². The van der Waals surface area contributed by atoms with Gasteiger partial charge < -0.3 is 14.7 Å². The van der Waals surface area contributed by atoms with Crippen molar-refractivity contribution in [1.29, 1.82) is 0 Å². The first-order chi connectivity index (χ1) is 9.78. The lowest BCUT2D eigenvalue weighted by Gasteiger charge is -2.13. The zero-order valence-electron chi connectivity index (χ0n) is 11.3. The molecule has 1 aromatic carbocycles. The molecule has 0 radical (unpaired) electrons. The minimum Gasteiger partial charge on any atom is -0.388 e. The largest absolute Gasteiger partial charge is 0.388 e. The van der Waals surface area contributed by atoms with Crippen molar-refractivity contribution < 1.29 is 9.84 Å². The molecule has 1 aliphatic heterocycles. The Bertz CT molecular complexity index is 561. The van der Waals surface area contributed by atoms with Crippen LogP contribution in [0.2, 0.25) is 0 Å². The van der Waals surface area contributed by atoms with E-state index in [1.807, 2.05) is 42.2 Å². The zero-order chi connectivity index (χ0) is 13.9. The van der Waals surface area contributed by atoms with Crippen LogP contribution in [0.1, 0.15) is 6.92 Å². The Kier molecular flexibility index (Phi) is 3.95. The van der Waals surface area contributed by atoms with Gasteiger partial charge in [0.1, 0.15) is 11.1 Å². The number of benzene rings is 1. The van der Waals surface area contributed by atoms with E-state index >= 15 is 0 Å². The van der Waals surface area contributed by atoms with Gasteiger partial charge in [0.05, 0.1) is 6.10 Å². The molecule has 0 amide bonds. The Balaban J connectivity index is 1.75. The van der Waals surface area contributed by atoms with E-state index in [9.17, 15) is 5.11 Å². The van der Waals surface area contributed by atoms with Gasteiger partial charge in [-0.2, -0.15) is 0 Å². The van der Waals surface area contributed by atoms with Crippen LogP contribution in [0.25, 0.3) is 10.6 Å². The normalized spacial score (nSPS) is 22.4. The fraction of sp³-hybridized carbons (Fsp3) is 0.429. The molecule has 1 saturated heterocycles. The first-order valence-corrected chi connectivity index (χ1v) is 7.53. The summed E-state index contributed by atoms with van der Waals surface area (Å²) >= 11 is 1.54. The number of β-amino-alcohol motifs (C(OH)–C–C–N with tert-alkyl or cyclic N) is 1. The fourth-order valence-electron chi connectivity index (χ4n) is 2.33. The molecule has 106 valence electrons. The van der Waals surface area contributed by atoms with Crippen LogP contribution in [-0.4, -0.2) is 47.2 Å². The molecule has 6 heteroatoms. The van der Waals surface area contributed by atoms with Gasteiger partial charge in [0.15, 0.2) is 0 Å². The molecule has 5 nitrogen and oxygen atoms in total. The van der Waals surface area contributed by atoms with Crippen molar-refractivity contribution in [3.05, 3.63) is 30.3 Å². The van der Waals surface area contributed by atoms with Crippen molar-refractivity contribution in [2.45, 2.75) is 19.1 Å². The summed E-state index contributed by atoms with van der Waals surface area (Å²) in [5.74, 6) is 0.